The molecule has 0 saturated heterocycles. The summed E-state index contributed by atoms with van der Waals surface area (Å²) in [6.45, 7) is 8.14. The first kappa shape index (κ1) is 15.8. The Balaban J connectivity index is 4.03. The van der Waals surface area contributed by atoms with Crippen molar-refractivity contribution < 1.29 is 13.9 Å². The van der Waals surface area contributed by atoms with Crippen molar-refractivity contribution in [1.29, 1.82) is 0 Å². The Hall–Kier alpha value is -0.250. The van der Waals surface area contributed by atoms with Gasteiger partial charge in [-0.25, -0.2) is 0 Å². The smallest absolute Gasteiger partial charge is 0.319 e. The standard InChI is InChI=1S/C12H23FO2S/c1-9(2)8-15-12(14)11(10(3)4)16-7-5-6-13/h9-11H,5-8H2,1-4H3. The predicted octanol–water partition coefficient (Wildman–Crippen LogP) is 3.30. The van der Waals surface area contributed by atoms with Gasteiger partial charge in [-0.1, -0.05) is 27.7 Å². The third-order valence-electron chi connectivity index (χ3n) is 1.97. The van der Waals surface area contributed by atoms with Crippen LogP contribution in [0.1, 0.15) is 34.1 Å². The Kier molecular flexibility index (Phi) is 8.71. The number of hydrogen-bond acceptors (Lipinski definition) is 3. The monoisotopic (exact) mass is 250 g/mol. The first-order chi connectivity index (χ1) is 7.49. The molecule has 1 atom stereocenters. The summed E-state index contributed by atoms with van der Waals surface area (Å²) in [6.07, 6.45) is 0.505. The van der Waals surface area contributed by atoms with E-state index in [-0.39, 0.29) is 23.8 Å². The van der Waals surface area contributed by atoms with Gasteiger partial charge < -0.3 is 4.74 Å². The molecule has 4 heteroatoms. The van der Waals surface area contributed by atoms with Crippen LogP contribution in [0, 0.1) is 11.8 Å². The third kappa shape index (κ3) is 7.09. The maximum atomic E-state index is 12.0. The van der Waals surface area contributed by atoms with Crippen molar-refractivity contribution in [2.45, 2.75) is 39.4 Å². The Bertz CT molecular complexity index is 195. The maximum absolute atomic E-state index is 12.0. The van der Waals surface area contributed by atoms with Gasteiger partial charge in [-0.05, 0) is 24.0 Å². The summed E-state index contributed by atoms with van der Waals surface area (Å²) in [7, 11) is 0. The number of carbonyl (C=O) groups is 1. The highest BCUT2D eigenvalue weighted by Gasteiger charge is 2.24. The van der Waals surface area contributed by atoms with E-state index in [1.165, 1.54) is 11.8 Å². The number of halogens is 1. The largest absolute Gasteiger partial charge is 0.465 e. The summed E-state index contributed by atoms with van der Waals surface area (Å²) in [5, 5.41) is -0.162. The number of rotatable bonds is 8. The second-order valence-electron chi connectivity index (χ2n) is 4.60. The molecule has 0 aliphatic heterocycles. The van der Waals surface area contributed by atoms with Gasteiger partial charge in [-0.2, -0.15) is 0 Å². The molecule has 0 aliphatic carbocycles. The zero-order chi connectivity index (χ0) is 12.6. The highest BCUT2D eigenvalue weighted by Crippen LogP contribution is 2.22. The van der Waals surface area contributed by atoms with Gasteiger partial charge in [0.05, 0.1) is 13.3 Å². The van der Waals surface area contributed by atoms with Crippen LogP contribution in [0.25, 0.3) is 0 Å². The molecular weight excluding hydrogens is 227 g/mol. The quantitative estimate of drug-likeness (QED) is 0.488. The fraction of sp³-hybridized carbons (Fsp3) is 0.917. The zero-order valence-corrected chi connectivity index (χ0v) is 11.5. The molecule has 0 spiro atoms. The first-order valence-electron chi connectivity index (χ1n) is 5.83. The topological polar surface area (TPSA) is 26.3 Å². The summed E-state index contributed by atoms with van der Waals surface area (Å²) < 4.78 is 17.2. The van der Waals surface area contributed by atoms with Crippen LogP contribution in [0.2, 0.25) is 0 Å². The molecule has 0 N–H and O–H groups in total. The predicted molar refractivity (Wildman–Crippen MR) is 67.5 cm³/mol. The Morgan fingerprint density at radius 2 is 1.94 bits per heavy atom. The van der Waals surface area contributed by atoms with Crippen LogP contribution < -0.4 is 0 Å². The first-order valence-corrected chi connectivity index (χ1v) is 6.88. The van der Waals surface area contributed by atoms with Crippen LogP contribution >= 0.6 is 11.8 Å². The van der Waals surface area contributed by atoms with Crippen molar-refractivity contribution in [3.05, 3.63) is 0 Å². The lowest BCUT2D eigenvalue weighted by molar-refractivity contribution is -0.144. The van der Waals surface area contributed by atoms with Crippen molar-refractivity contribution in [3.63, 3.8) is 0 Å². The Morgan fingerprint density at radius 3 is 2.38 bits per heavy atom. The van der Waals surface area contributed by atoms with E-state index in [1.807, 2.05) is 27.7 Å². The van der Waals surface area contributed by atoms with Gasteiger partial charge in [0.1, 0.15) is 5.25 Å². The van der Waals surface area contributed by atoms with Crippen LogP contribution in [0.15, 0.2) is 0 Å². The summed E-state index contributed by atoms with van der Waals surface area (Å²) >= 11 is 1.50. The average molecular weight is 250 g/mol. The molecule has 0 fully saturated rings. The van der Waals surface area contributed by atoms with E-state index in [1.54, 1.807) is 0 Å². The second-order valence-corrected chi connectivity index (χ2v) is 5.85. The van der Waals surface area contributed by atoms with Crippen molar-refractivity contribution in [3.8, 4) is 0 Å². The van der Waals surface area contributed by atoms with E-state index in [0.29, 0.717) is 24.7 Å². The minimum Gasteiger partial charge on any atom is -0.465 e. The molecule has 0 saturated carbocycles. The van der Waals surface area contributed by atoms with Crippen molar-refractivity contribution >= 4 is 17.7 Å². The molecule has 0 heterocycles. The van der Waals surface area contributed by atoms with Gasteiger partial charge in [0.15, 0.2) is 0 Å². The number of thioether (sulfide) groups is 1. The van der Waals surface area contributed by atoms with Gasteiger partial charge in [-0.3, -0.25) is 9.18 Å². The maximum Gasteiger partial charge on any atom is 0.319 e. The normalized spacial score (nSPS) is 13.2. The molecule has 0 aromatic carbocycles. The van der Waals surface area contributed by atoms with Gasteiger partial charge in [0.25, 0.3) is 0 Å². The lowest BCUT2D eigenvalue weighted by Crippen LogP contribution is -2.27. The molecule has 1 unspecified atom stereocenters. The molecule has 16 heavy (non-hydrogen) atoms. The lowest BCUT2D eigenvalue weighted by Gasteiger charge is -2.19. The van der Waals surface area contributed by atoms with Crippen molar-refractivity contribution in [2.24, 2.45) is 11.8 Å². The second kappa shape index (κ2) is 8.85. The number of ether oxygens (including phenoxy) is 1. The van der Waals surface area contributed by atoms with Crippen molar-refractivity contribution in [2.75, 3.05) is 19.0 Å². The van der Waals surface area contributed by atoms with E-state index >= 15 is 0 Å². The highest BCUT2D eigenvalue weighted by atomic mass is 32.2. The Morgan fingerprint density at radius 1 is 1.31 bits per heavy atom. The molecule has 0 amide bonds. The van der Waals surface area contributed by atoms with Gasteiger partial charge in [0.2, 0.25) is 0 Å². The van der Waals surface area contributed by atoms with Crippen LogP contribution in [0.4, 0.5) is 4.39 Å². The summed E-state index contributed by atoms with van der Waals surface area (Å²) in [5.74, 6) is 1.10. The summed E-state index contributed by atoms with van der Waals surface area (Å²) in [5.41, 5.74) is 0. The van der Waals surface area contributed by atoms with E-state index in [2.05, 4.69) is 0 Å². The molecule has 0 bridgehead atoms. The van der Waals surface area contributed by atoms with Gasteiger partial charge in [-0.15, -0.1) is 11.8 Å². The molecule has 0 aliphatic rings. The average Bonchev–Trinajstić information content (AvgIpc) is 2.20. The third-order valence-corrected chi connectivity index (χ3v) is 3.59. The summed E-state index contributed by atoms with van der Waals surface area (Å²) in [4.78, 5) is 11.7. The number of hydrogen-bond donors (Lipinski definition) is 0. The van der Waals surface area contributed by atoms with Crippen LogP contribution in [0.3, 0.4) is 0 Å². The zero-order valence-electron chi connectivity index (χ0n) is 10.7. The minimum atomic E-state index is -0.321. The molecule has 96 valence electrons. The highest BCUT2D eigenvalue weighted by molar-refractivity contribution is 8.00. The minimum absolute atomic E-state index is 0.160. The van der Waals surface area contributed by atoms with Crippen LogP contribution in [-0.2, 0) is 9.53 Å². The summed E-state index contributed by atoms with van der Waals surface area (Å²) in [6, 6.07) is 0. The molecule has 0 rings (SSSR count). The number of carbonyl (C=O) groups excluding carboxylic acids is 1. The molecular formula is C12H23FO2S. The molecule has 0 aromatic heterocycles. The SMILES string of the molecule is CC(C)COC(=O)C(SCCCF)C(C)C. The van der Waals surface area contributed by atoms with Gasteiger partial charge >= 0.3 is 5.97 Å². The van der Waals surface area contributed by atoms with Crippen molar-refractivity contribution in [1.82, 2.24) is 0 Å². The van der Waals surface area contributed by atoms with E-state index < -0.39 is 0 Å². The number of alkyl halides is 1. The number of esters is 1. The van der Waals surface area contributed by atoms with Gasteiger partial charge in [0, 0.05) is 0 Å². The molecule has 0 aromatic rings. The van der Waals surface area contributed by atoms with E-state index in [9.17, 15) is 9.18 Å². The fourth-order valence-corrected chi connectivity index (χ4v) is 2.25. The Labute approximate surface area is 102 Å². The van der Waals surface area contributed by atoms with Crippen LogP contribution in [-0.4, -0.2) is 30.3 Å². The molecule has 2 nitrogen and oxygen atoms in total. The van der Waals surface area contributed by atoms with Crippen LogP contribution in [0.5, 0.6) is 0 Å². The lowest BCUT2D eigenvalue weighted by atomic mass is 10.1. The van der Waals surface area contributed by atoms with E-state index in [0.717, 1.165) is 0 Å². The van der Waals surface area contributed by atoms with E-state index in [4.69, 9.17) is 4.74 Å². The molecule has 0 radical (unpaired) electrons. The fourth-order valence-electron chi connectivity index (χ4n) is 1.13.